The number of aliphatic carboxylic acids is 1. The smallest absolute Gasteiger partial charge is 0.362 e. The second kappa shape index (κ2) is 10.7. The molecule has 1 aromatic heterocycles. The van der Waals surface area contributed by atoms with Crippen molar-refractivity contribution < 1.29 is 51.6 Å². The lowest BCUT2D eigenvalue weighted by molar-refractivity contribution is -0.155. The molecule has 0 aliphatic carbocycles. The Bertz CT molecular complexity index is 1090. The fraction of sp³-hybridized carbons (Fsp3) is 0.357. The van der Waals surface area contributed by atoms with Crippen molar-refractivity contribution in [3.8, 4) is 0 Å². The first kappa shape index (κ1) is 25.4. The van der Waals surface area contributed by atoms with Crippen LogP contribution in [0.25, 0.3) is 0 Å². The van der Waals surface area contributed by atoms with Crippen LogP contribution in [0, 0.1) is 0 Å². The van der Waals surface area contributed by atoms with E-state index in [4.69, 9.17) is 15.6 Å². The summed E-state index contributed by atoms with van der Waals surface area (Å²) in [6.07, 6.45) is 0.208. The fourth-order valence-corrected chi connectivity index (χ4v) is 3.86. The molecule has 3 amide bonds. The number of carbonyl (C=O) groups excluding carboxylic acids is 4. The lowest BCUT2D eigenvalue weighted by atomic mass is 9.99. The number of esters is 1. The highest BCUT2D eigenvalue weighted by Crippen LogP contribution is 2.24. The molecule has 180 valence electrons. The summed E-state index contributed by atoms with van der Waals surface area (Å²) in [7, 11) is -5.07. The van der Waals surface area contributed by atoms with Crippen LogP contribution in [0.5, 0.6) is 0 Å². The quantitative estimate of drug-likeness (QED) is 0.0455. The van der Waals surface area contributed by atoms with Crippen molar-refractivity contribution in [2.45, 2.75) is 12.1 Å². The summed E-state index contributed by atoms with van der Waals surface area (Å²) in [6.45, 7) is -2.25. The maximum Gasteiger partial charge on any atom is 0.362 e. The number of nitrogen functional groups attached to an aromatic ring is 1. The Morgan fingerprint density at radius 1 is 1.39 bits per heavy atom. The van der Waals surface area contributed by atoms with Gasteiger partial charge in [-0.2, -0.15) is 8.42 Å². The van der Waals surface area contributed by atoms with Gasteiger partial charge in [0.1, 0.15) is 30.9 Å². The molecule has 6 N–H and O–H groups in total. The van der Waals surface area contributed by atoms with E-state index in [2.05, 4.69) is 20.3 Å². The molecule has 0 unspecified atom stereocenters. The summed E-state index contributed by atoms with van der Waals surface area (Å²) in [6, 6.07) is -3.15. The second-order valence-corrected chi connectivity index (χ2v) is 8.17. The van der Waals surface area contributed by atoms with Crippen molar-refractivity contribution in [2.75, 3.05) is 25.5 Å². The molecule has 2 atom stereocenters. The molecular formula is C14H16N6O11S2. The van der Waals surface area contributed by atoms with Crippen molar-refractivity contribution in [3.63, 3.8) is 0 Å². The zero-order chi connectivity index (χ0) is 24.8. The van der Waals surface area contributed by atoms with Gasteiger partial charge in [-0.05, 0) is 0 Å². The third-order valence-electron chi connectivity index (χ3n) is 3.77. The van der Waals surface area contributed by atoms with Crippen LogP contribution in [0.3, 0.4) is 0 Å². The van der Waals surface area contributed by atoms with Crippen molar-refractivity contribution >= 4 is 62.6 Å². The Balaban J connectivity index is 2.21. The van der Waals surface area contributed by atoms with Gasteiger partial charge in [-0.25, -0.2) is 14.1 Å². The molecule has 0 saturated carbocycles. The molecule has 1 aromatic rings. The standard InChI is InChI=1S/C14H16N6O11S2/c15-14-17-6(4-32-14)10(19-31-3-8(22)23)12(25)18-11-7(2-30-9(24)1-16-5-21)20(13(11)26)33(27,28)29/h4-5,7,11H,1-3H2,(H2,15,17)(H,16,21)(H,18,25)(H,22,23)(H,27,28,29)/b19-10+/t7-,11+/m0/s1. The number of rotatable bonds is 12. The van der Waals surface area contributed by atoms with Gasteiger partial charge in [0.15, 0.2) is 10.8 Å². The summed E-state index contributed by atoms with van der Waals surface area (Å²) in [5.74, 6) is -4.80. The molecule has 2 rings (SSSR count). The first-order valence-corrected chi connectivity index (χ1v) is 10.8. The van der Waals surface area contributed by atoms with Crippen molar-refractivity contribution in [2.24, 2.45) is 5.16 Å². The second-order valence-electron chi connectivity index (χ2n) is 5.99. The first-order chi connectivity index (χ1) is 15.5. The highest BCUT2D eigenvalue weighted by atomic mass is 32.2. The molecule has 1 aliphatic heterocycles. The maximum absolute atomic E-state index is 12.7. The van der Waals surface area contributed by atoms with Gasteiger partial charge in [-0.3, -0.25) is 23.7 Å². The largest absolute Gasteiger partial charge is 0.479 e. The molecule has 0 spiro atoms. The SMILES string of the molecule is Nc1nc(/C(=N\OCC(=O)O)C(=O)N[C@H]2C(=O)N(S(=O)(=O)O)[C@H]2COC(=O)CNC=O)cs1. The van der Waals surface area contributed by atoms with Gasteiger partial charge in [0, 0.05) is 5.38 Å². The number of nitrogens with one attached hydrogen (secondary N) is 2. The molecule has 33 heavy (non-hydrogen) atoms. The Kier molecular flexibility index (Phi) is 8.21. The van der Waals surface area contributed by atoms with Gasteiger partial charge >= 0.3 is 22.2 Å². The van der Waals surface area contributed by atoms with Crippen molar-refractivity contribution in [3.05, 3.63) is 11.1 Å². The highest BCUT2D eigenvalue weighted by Gasteiger charge is 2.54. The van der Waals surface area contributed by atoms with Crippen LogP contribution in [0.2, 0.25) is 0 Å². The summed E-state index contributed by atoms with van der Waals surface area (Å²) in [5.41, 5.74) is 4.77. The zero-order valence-corrected chi connectivity index (χ0v) is 17.9. The number of aromatic nitrogens is 1. The number of thiazole rings is 1. The summed E-state index contributed by atoms with van der Waals surface area (Å²) in [5, 5.41) is 17.5. The number of carboxylic acid groups (broad SMARTS) is 1. The number of anilines is 1. The van der Waals surface area contributed by atoms with Crippen LogP contribution in [0.4, 0.5) is 5.13 Å². The summed E-state index contributed by atoms with van der Waals surface area (Å²) >= 11 is 0.909. The van der Waals surface area contributed by atoms with Crippen LogP contribution in [-0.4, -0.2) is 95.1 Å². The van der Waals surface area contributed by atoms with Gasteiger partial charge in [-0.15, -0.1) is 11.3 Å². The highest BCUT2D eigenvalue weighted by molar-refractivity contribution is 7.84. The van der Waals surface area contributed by atoms with Gasteiger partial charge in [0.05, 0.1) is 0 Å². The number of hydrogen-bond donors (Lipinski definition) is 5. The monoisotopic (exact) mass is 508 g/mol. The Labute approximate surface area is 188 Å². The number of amides is 3. The van der Waals surface area contributed by atoms with E-state index in [1.54, 1.807) is 0 Å². The van der Waals surface area contributed by atoms with Crippen LogP contribution in [0.15, 0.2) is 10.5 Å². The van der Waals surface area contributed by atoms with Gasteiger partial charge in [-0.1, -0.05) is 5.16 Å². The minimum absolute atomic E-state index is 0.0169. The Morgan fingerprint density at radius 2 is 2.09 bits per heavy atom. The summed E-state index contributed by atoms with van der Waals surface area (Å²) < 4.78 is 36.9. The average Bonchev–Trinajstić information content (AvgIpc) is 3.14. The van der Waals surface area contributed by atoms with E-state index in [0.29, 0.717) is 0 Å². The Hall–Kier alpha value is -3.84. The number of ether oxygens (including phenoxy) is 1. The maximum atomic E-state index is 12.7. The lowest BCUT2D eigenvalue weighted by Gasteiger charge is -2.43. The number of hydrogen-bond acceptors (Lipinski definition) is 13. The third-order valence-corrected chi connectivity index (χ3v) is 5.39. The molecule has 1 saturated heterocycles. The molecule has 0 bridgehead atoms. The van der Waals surface area contributed by atoms with E-state index >= 15 is 0 Å². The van der Waals surface area contributed by atoms with Crippen LogP contribution < -0.4 is 16.4 Å². The zero-order valence-electron chi connectivity index (χ0n) is 16.2. The molecule has 17 nitrogen and oxygen atoms in total. The predicted octanol–water partition coefficient (Wildman–Crippen LogP) is -3.68. The van der Waals surface area contributed by atoms with E-state index in [-0.39, 0.29) is 21.5 Å². The van der Waals surface area contributed by atoms with Crippen molar-refractivity contribution in [1.82, 2.24) is 19.9 Å². The third kappa shape index (κ3) is 6.57. The molecule has 19 heteroatoms. The normalized spacial score (nSPS) is 18.2. The topological polar surface area (TPSA) is 257 Å². The minimum atomic E-state index is -5.07. The number of nitrogens with zero attached hydrogens (tertiary/aromatic N) is 3. The number of carboxylic acids is 1. The molecular weight excluding hydrogens is 492 g/mol. The van der Waals surface area contributed by atoms with E-state index in [1.165, 1.54) is 5.38 Å². The van der Waals surface area contributed by atoms with Crippen molar-refractivity contribution in [1.29, 1.82) is 0 Å². The van der Waals surface area contributed by atoms with Crippen LogP contribution in [0.1, 0.15) is 5.69 Å². The fourth-order valence-electron chi connectivity index (χ4n) is 2.44. The van der Waals surface area contributed by atoms with Gasteiger partial charge in [0.25, 0.3) is 11.8 Å². The number of nitrogens with two attached hydrogens (primary N) is 1. The van der Waals surface area contributed by atoms with E-state index < -0.39 is 71.6 Å². The van der Waals surface area contributed by atoms with E-state index in [1.807, 2.05) is 5.32 Å². The van der Waals surface area contributed by atoms with Gasteiger partial charge < -0.3 is 31.0 Å². The molecule has 2 heterocycles. The molecule has 0 radical (unpaired) electrons. The predicted molar refractivity (Wildman–Crippen MR) is 106 cm³/mol. The number of oxime groups is 1. The van der Waals surface area contributed by atoms with Crippen LogP contribution >= 0.6 is 11.3 Å². The van der Waals surface area contributed by atoms with E-state index in [0.717, 1.165) is 11.3 Å². The lowest BCUT2D eigenvalue weighted by Crippen LogP contribution is -2.73. The van der Waals surface area contributed by atoms with Gasteiger partial charge in [0.2, 0.25) is 13.0 Å². The number of carbonyl (C=O) groups is 5. The molecule has 1 aliphatic rings. The molecule has 0 aromatic carbocycles. The molecule has 1 fully saturated rings. The summed E-state index contributed by atoms with van der Waals surface area (Å²) in [4.78, 5) is 65.6. The minimum Gasteiger partial charge on any atom is -0.479 e. The Morgan fingerprint density at radius 3 is 2.64 bits per heavy atom. The number of β-lactam (4-membered cyclic amide) rings is 1. The van der Waals surface area contributed by atoms with E-state index in [9.17, 15) is 36.9 Å². The van der Waals surface area contributed by atoms with Crippen LogP contribution in [-0.2, 0) is 43.9 Å². The average molecular weight is 508 g/mol. The first-order valence-electron chi connectivity index (χ1n) is 8.53.